The number of aromatic amines is 1. The van der Waals surface area contributed by atoms with Crippen molar-refractivity contribution in [1.29, 1.82) is 0 Å². The predicted octanol–water partition coefficient (Wildman–Crippen LogP) is 6.03. The molecule has 2 aromatic carbocycles. The molecule has 0 saturated carbocycles. The summed E-state index contributed by atoms with van der Waals surface area (Å²) in [6, 6.07) is 15.4. The Labute approximate surface area is 153 Å². The van der Waals surface area contributed by atoms with Crippen LogP contribution in [-0.4, -0.2) is 14.4 Å². The van der Waals surface area contributed by atoms with E-state index in [0.29, 0.717) is 20.5 Å². The van der Waals surface area contributed by atoms with E-state index in [1.165, 1.54) is 0 Å². The molecule has 4 aromatic rings. The first kappa shape index (κ1) is 15.4. The molecule has 0 saturated heterocycles. The highest BCUT2D eigenvalue weighted by Crippen LogP contribution is 2.31. The first-order valence-electron chi connectivity index (χ1n) is 7.25. The number of hydrogen-bond donors (Lipinski definition) is 1. The van der Waals surface area contributed by atoms with Crippen LogP contribution >= 0.6 is 35.4 Å². The Morgan fingerprint density at radius 2 is 1.79 bits per heavy atom. The van der Waals surface area contributed by atoms with Crippen molar-refractivity contribution in [3.05, 3.63) is 75.6 Å². The Hall–Kier alpha value is -2.14. The summed E-state index contributed by atoms with van der Waals surface area (Å²) in [6.45, 7) is 0. The Morgan fingerprint density at radius 1 is 1.00 bits per heavy atom. The van der Waals surface area contributed by atoms with Crippen molar-refractivity contribution in [2.45, 2.75) is 0 Å². The third-order valence-corrected chi connectivity index (χ3v) is 4.77. The van der Waals surface area contributed by atoms with Crippen molar-refractivity contribution >= 4 is 41.2 Å². The van der Waals surface area contributed by atoms with Crippen LogP contribution in [0.15, 0.2) is 60.9 Å². The molecule has 0 amide bonds. The fourth-order valence-corrected chi connectivity index (χ4v) is 3.43. The van der Waals surface area contributed by atoms with Gasteiger partial charge in [-0.15, -0.1) is 0 Å². The molecule has 2 heterocycles. The number of nitrogens with zero attached hydrogens (tertiary/aromatic N) is 2. The van der Waals surface area contributed by atoms with Gasteiger partial charge >= 0.3 is 0 Å². The van der Waals surface area contributed by atoms with E-state index < -0.39 is 0 Å². The average Bonchev–Trinajstić information content (AvgIpc) is 3.02. The summed E-state index contributed by atoms with van der Waals surface area (Å²) in [4.78, 5) is 7.76. The second-order valence-electron chi connectivity index (χ2n) is 5.33. The minimum absolute atomic E-state index is 0.550. The number of halogens is 2. The van der Waals surface area contributed by atoms with Gasteiger partial charge in [0.1, 0.15) is 4.64 Å². The lowest BCUT2D eigenvalue weighted by atomic mass is 10.1. The van der Waals surface area contributed by atoms with Gasteiger partial charge in [0.2, 0.25) is 5.78 Å². The quantitative estimate of drug-likeness (QED) is 0.436. The van der Waals surface area contributed by atoms with Gasteiger partial charge < -0.3 is 4.98 Å². The summed E-state index contributed by atoms with van der Waals surface area (Å²) in [5, 5.41) is 1.14. The third kappa shape index (κ3) is 2.63. The molecule has 0 aliphatic carbocycles. The molecule has 4 rings (SSSR count). The van der Waals surface area contributed by atoms with Crippen molar-refractivity contribution in [2.24, 2.45) is 0 Å². The first-order chi connectivity index (χ1) is 11.6. The average molecular weight is 372 g/mol. The zero-order valence-electron chi connectivity index (χ0n) is 12.3. The maximum atomic E-state index is 6.31. The minimum atomic E-state index is 0.550. The van der Waals surface area contributed by atoms with Crippen LogP contribution in [0.1, 0.15) is 0 Å². The smallest absolute Gasteiger partial charge is 0.212 e. The lowest BCUT2D eigenvalue weighted by Gasteiger charge is -2.05. The third-order valence-electron chi connectivity index (χ3n) is 3.80. The van der Waals surface area contributed by atoms with E-state index in [-0.39, 0.29) is 0 Å². The standard InChI is InChI=1S/C18H11Cl2N3S/c19-12-6-7-13(15(20)8-12)14-9-21-18-22-16(10-23(18)17(14)24)11-4-2-1-3-5-11/h1-10H,(H,21,22). The molecular weight excluding hydrogens is 361 g/mol. The zero-order chi connectivity index (χ0) is 16.7. The fraction of sp³-hybridized carbons (Fsp3) is 0. The summed E-state index contributed by atoms with van der Waals surface area (Å²) in [5.74, 6) is 0.688. The molecular formula is C18H11Cl2N3S. The van der Waals surface area contributed by atoms with E-state index >= 15 is 0 Å². The first-order valence-corrected chi connectivity index (χ1v) is 8.41. The summed E-state index contributed by atoms with van der Waals surface area (Å²) in [7, 11) is 0. The van der Waals surface area contributed by atoms with Crippen molar-refractivity contribution in [2.75, 3.05) is 0 Å². The maximum Gasteiger partial charge on any atom is 0.212 e. The molecule has 0 bridgehead atoms. The van der Waals surface area contributed by atoms with Gasteiger partial charge in [-0.2, -0.15) is 0 Å². The molecule has 0 spiro atoms. The van der Waals surface area contributed by atoms with Crippen LogP contribution in [0.3, 0.4) is 0 Å². The number of nitrogens with one attached hydrogen (secondary N) is 1. The molecule has 2 aromatic heterocycles. The summed E-state index contributed by atoms with van der Waals surface area (Å²) in [5.41, 5.74) is 3.63. The van der Waals surface area contributed by atoms with E-state index in [1.54, 1.807) is 18.3 Å². The van der Waals surface area contributed by atoms with Crippen molar-refractivity contribution in [1.82, 2.24) is 14.4 Å². The molecule has 0 radical (unpaired) electrons. The van der Waals surface area contributed by atoms with E-state index in [4.69, 9.17) is 35.4 Å². The SMILES string of the molecule is S=c1c(-c2ccc(Cl)cc2Cl)cnc2[nH]c(-c3ccccc3)cn12. The number of imidazole rings is 1. The van der Waals surface area contributed by atoms with Crippen LogP contribution in [0.2, 0.25) is 10.0 Å². The number of benzene rings is 2. The number of rotatable bonds is 2. The fourth-order valence-electron chi connectivity index (χ4n) is 2.62. The predicted molar refractivity (Wildman–Crippen MR) is 101 cm³/mol. The summed E-state index contributed by atoms with van der Waals surface area (Å²) in [6.07, 6.45) is 3.69. The topological polar surface area (TPSA) is 33.1 Å². The molecule has 0 aliphatic rings. The molecule has 0 fully saturated rings. The van der Waals surface area contributed by atoms with Gasteiger partial charge in [0.05, 0.1) is 10.7 Å². The van der Waals surface area contributed by atoms with Gasteiger partial charge in [0, 0.05) is 28.5 Å². The van der Waals surface area contributed by atoms with Crippen LogP contribution < -0.4 is 0 Å². The maximum absolute atomic E-state index is 6.31. The van der Waals surface area contributed by atoms with E-state index in [0.717, 1.165) is 22.4 Å². The van der Waals surface area contributed by atoms with Crippen LogP contribution in [-0.2, 0) is 0 Å². The highest BCUT2D eigenvalue weighted by Gasteiger charge is 2.11. The second-order valence-corrected chi connectivity index (χ2v) is 6.56. The molecule has 0 atom stereocenters. The second kappa shape index (κ2) is 6.06. The molecule has 118 valence electrons. The summed E-state index contributed by atoms with van der Waals surface area (Å²) < 4.78 is 2.50. The molecule has 6 heteroatoms. The van der Waals surface area contributed by atoms with Crippen LogP contribution in [0.25, 0.3) is 28.2 Å². The number of aromatic nitrogens is 3. The Kier molecular flexibility index (Phi) is 3.88. The lowest BCUT2D eigenvalue weighted by molar-refractivity contribution is 1.09. The van der Waals surface area contributed by atoms with Gasteiger partial charge in [-0.1, -0.05) is 71.8 Å². The van der Waals surface area contributed by atoms with Gasteiger partial charge in [0.25, 0.3) is 0 Å². The molecule has 1 N–H and O–H groups in total. The Morgan fingerprint density at radius 3 is 2.54 bits per heavy atom. The number of hydrogen-bond acceptors (Lipinski definition) is 2. The van der Waals surface area contributed by atoms with E-state index in [9.17, 15) is 0 Å². The van der Waals surface area contributed by atoms with Crippen LogP contribution in [0.5, 0.6) is 0 Å². The number of H-pyrrole nitrogens is 1. The van der Waals surface area contributed by atoms with Gasteiger partial charge in [-0.25, -0.2) is 4.98 Å². The largest absolute Gasteiger partial charge is 0.323 e. The highest BCUT2D eigenvalue weighted by molar-refractivity contribution is 7.71. The number of fused-ring (bicyclic) bond motifs is 1. The molecule has 0 unspecified atom stereocenters. The molecule has 3 nitrogen and oxygen atoms in total. The Balaban J connectivity index is 1.91. The van der Waals surface area contributed by atoms with E-state index in [2.05, 4.69) is 9.97 Å². The van der Waals surface area contributed by atoms with Crippen LogP contribution in [0.4, 0.5) is 0 Å². The minimum Gasteiger partial charge on any atom is -0.323 e. The normalized spacial score (nSPS) is 11.1. The monoisotopic (exact) mass is 371 g/mol. The molecule has 0 aliphatic heterocycles. The van der Waals surface area contributed by atoms with Gasteiger partial charge in [-0.05, 0) is 17.7 Å². The van der Waals surface area contributed by atoms with Gasteiger partial charge in [0.15, 0.2) is 0 Å². The van der Waals surface area contributed by atoms with Crippen molar-refractivity contribution < 1.29 is 0 Å². The van der Waals surface area contributed by atoms with Crippen LogP contribution in [0, 0.1) is 4.64 Å². The highest BCUT2D eigenvalue weighted by atomic mass is 35.5. The van der Waals surface area contributed by atoms with Gasteiger partial charge in [-0.3, -0.25) is 4.40 Å². The zero-order valence-corrected chi connectivity index (χ0v) is 14.7. The molecule has 24 heavy (non-hydrogen) atoms. The lowest BCUT2D eigenvalue weighted by Crippen LogP contribution is -1.93. The van der Waals surface area contributed by atoms with E-state index in [1.807, 2.05) is 47.0 Å². The van der Waals surface area contributed by atoms with Crippen molar-refractivity contribution in [3.8, 4) is 22.4 Å². The Bertz CT molecular complexity index is 1100. The van der Waals surface area contributed by atoms with Crippen molar-refractivity contribution in [3.63, 3.8) is 0 Å². The summed E-state index contributed by atoms with van der Waals surface area (Å²) >= 11 is 17.9.